The molecule has 0 bridgehead atoms. The van der Waals surface area contributed by atoms with Crippen molar-refractivity contribution in [1.29, 1.82) is 0 Å². The summed E-state index contributed by atoms with van der Waals surface area (Å²) in [5.41, 5.74) is 0.940. The number of rotatable bonds is 2. The van der Waals surface area contributed by atoms with Gasteiger partial charge in [-0.3, -0.25) is 9.89 Å². The highest BCUT2D eigenvalue weighted by Gasteiger charge is 2.28. The summed E-state index contributed by atoms with van der Waals surface area (Å²) in [4.78, 5) is 11.8. The van der Waals surface area contributed by atoms with Crippen LogP contribution in [0.5, 0.6) is 0 Å². The fraction of sp³-hybridized carbons (Fsp3) is 0.600. The van der Waals surface area contributed by atoms with Crippen LogP contribution < -0.4 is 5.32 Å². The van der Waals surface area contributed by atoms with Gasteiger partial charge in [-0.1, -0.05) is 0 Å². The maximum absolute atomic E-state index is 11.8. The van der Waals surface area contributed by atoms with Crippen LogP contribution in [-0.2, 0) is 9.53 Å². The number of carbonyl (C=O) groups is 1. The molecule has 5 heteroatoms. The molecule has 15 heavy (non-hydrogen) atoms. The molecule has 1 aliphatic heterocycles. The van der Waals surface area contributed by atoms with Gasteiger partial charge in [-0.15, -0.1) is 0 Å². The fourth-order valence-electron chi connectivity index (χ4n) is 1.70. The van der Waals surface area contributed by atoms with E-state index < -0.39 is 0 Å². The van der Waals surface area contributed by atoms with Crippen molar-refractivity contribution in [3.05, 3.63) is 11.8 Å². The van der Waals surface area contributed by atoms with Gasteiger partial charge in [-0.05, 0) is 20.3 Å². The number of hydrogen-bond donors (Lipinski definition) is 2. The zero-order valence-corrected chi connectivity index (χ0v) is 8.91. The van der Waals surface area contributed by atoms with Crippen molar-refractivity contribution in [2.75, 3.05) is 11.9 Å². The molecule has 0 spiro atoms. The van der Waals surface area contributed by atoms with E-state index in [-0.39, 0.29) is 17.9 Å². The quantitative estimate of drug-likeness (QED) is 0.766. The Labute approximate surface area is 88.2 Å². The summed E-state index contributed by atoms with van der Waals surface area (Å²) < 4.78 is 5.35. The molecule has 1 aromatic heterocycles. The highest BCUT2D eigenvalue weighted by molar-refractivity contribution is 5.92. The van der Waals surface area contributed by atoms with Gasteiger partial charge in [-0.25, -0.2) is 0 Å². The van der Waals surface area contributed by atoms with E-state index in [1.165, 1.54) is 0 Å². The maximum Gasteiger partial charge on any atom is 0.231 e. The first-order valence-corrected chi connectivity index (χ1v) is 5.09. The number of nitrogens with zero attached hydrogens (tertiary/aromatic N) is 1. The van der Waals surface area contributed by atoms with Crippen LogP contribution in [0.2, 0.25) is 0 Å². The molecular formula is C10H15N3O2. The molecule has 0 aliphatic carbocycles. The van der Waals surface area contributed by atoms with Crippen LogP contribution in [0.4, 0.5) is 5.82 Å². The van der Waals surface area contributed by atoms with Gasteiger partial charge >= 0.3 is 0 Å². The first-order valence-electron chi connectivity index (χ1n) is 5.09. The average Bonchev–Trinajstić information content (AvgIpc) is 2.77. The molecule has 0 radical (unpaired) electrons. The number of hydrogen-bond acceptors (Lipinski definition) is 3. The molecule has 2 unspecified atom stereocenters. The molecule has 82 valence electrons. The summed E-state index contributed by atoms with van der Waals surface area (Å²) >= 11 is 0. The molecule has 0 aromatic carbocycles. The highest BCUT2D eigenvalue weighted by atomic mass is 16.5. The van der Waals surface area contributed by atoms with E-state index in [0.29, 0.717) is 12.4 Å². The summed E-state index contributed by atoms with van der Waals surface area (Å²) in [6.07, 6.45) is 2.66. The Hall–Kier alpha value is -1.36. The lowest BCUT2D eigenvalue weighted by molar-refractivity contribution is -0.119. The molecule has 2 N–H and O–H groups in total. The van der Waals surface area contributed by atoms with Gasteiger partial charge in [0.15, 0.2) is 0 Å². The summed E-state index contributed by atoms with van der Waals surface area (Å²) in [5.74, 6) is 0.647. The summed E-state index contributed by atoms with van der Waals surface area (Å²) in [5, 5.41) is 9.41. The number of aromatic amines is 1. The Morgan fingerprint density at radius 2 is 2.53 bits per heavy atom. The number of nitrogens with one attached hydrogen (secondary N) is 2. The van der Waals surface area contributed by atoms with Gasteiger partial charge in [0.25, 0.3) is 0 Å². The number of aryl methyl sites for hydroxylation is 1. The molecule has 1 fully saturated rings. The van der Waals surface area contributed by atoms with Crippen LogP contribution in [0.1, 0.15) is 18.9 Å². The summed E-state index contributed by atoms with van der Waals surface area (Å²) in [6.45, 7) is 4.39. The van der Waals surface area contributed by atoms with E-state index in [0.717, 1.165) is 12.0 Å². The molecule has 1 saturated heterocycles. The Bertz CT molecular complexity index is 361. The molecule has 1 amide bonds. The smallest absolute Gasteiger partial charge is 0.231 e. The standard InChI is InChI=1S/C10H15N3O2/c1-6-4-11-13-9(6)12-10(14)8-3-7(2)15-5-8/h4,7-8H,3,5H2,1-2H3,(H2,11,12,13,14). The van der Waals surface area contributed by atoms with Crippen molar-refractivity contribution in [3.8, 4) is 0 Å². The topological polar surface area (TPSA) is 67.0 Å². The third-order valence-corrected chi connectivity index (χ3v) is 2.65. The number of aromatic nitrogens is 2. The Balaban J connectivity index is 1.95. The number of anilines is 1. The van der Waals surface area contributed by atoms with Gasteiger partial charge in [0.2, 0.25) is 5.91 Å². The summed E-state index contributed by atoms with van der Waals surface area (Å²) in [7, 11) is 0. The average molecular weight is 209 g/mol. The largest absolute Gasteiger partial charge is 0.378 e. The van der Waals surface area contributed by atoms with Crippen molar-refractivity contribution < 1.29 is 9.53 Å². The third kappa shape index (κ3) is 2.18. The second-order valence-electron chi connectivity index (χ2n) is 3.99. The van der Waals surface area contributed by atoms with E-state index >= 15 is 0 Å². The zero-order chi connectivity index (χ0) is 10.8. The third-order valence-electron chi connectivity index (χ3n) is 2.65. The van der Waals surface area contributed by atoms with Crippen LogP contribution in [0.25, 0.3) is 0 Å². The van der Waals surface area contributed by atoms with Gasteiger partial charge in [0.05, 0.1) is 24.8 Å². The lowest BCUT2D eigenvalue weighted by Crippen LogP contribution is -2.23. The van der Waals surface area contributed by atoms with E-state index in [1.54, 1.807) is 6.20 Å². The predicted octanol–water partition coefficient (Wildman–Crippen LogP) is 1.08. The minimum atomic E-state index is -0.0392. The molecule has 5 nitrogen and oxygen atoms in total. The minimum Gasteiger partial charge on any atom is -0.378 e. The first-order chi connectivity index (χ1) is 7.16. The predicted molar refractivity (Wildman–Crippen MR) is 55.5 cm³/mol. The monoisotopic (exact) mass is 209 g/mol. The maximum atomic E-state index is 11.8. The van der Waals surface area contributed by atoms with Crippen molar-refractivity contribution >= 4 is 11.7 Å². The lowest BCUT2D eigenvalue weighted by Gasteiger charge is -2.08. The van der Waals surface area contributed by atoms with E-state index in [4.69, 9.17) is 4.74 Å². The molecule has 1 aliphatic rings. The van der Waals surface area contributed by atoms with Crippen molar-refractivity contribution in [2.45, 2.75) is 26.4 Å². The number of ether oxygens (including phenoxy) is 1. The first kappa shape index (κ1) is 10.2. The van der Waals surface area contributed by atoms with Crippen molar-refractivity contribution in [1.82, 2.24) is 10.2 Å². The second-order valence-corrected chi connectivity index (χ2v) is 3.99. The van der Waals surface area contributed by atoms with Crippen molar-refractivity contribution in [2.24, 2.45) is 5.92 Å². The fourth-order valence-corrected chi connectivity index (χ4v) is 1.70. The minimum absolute atomic E-state index is 0.00620. The lowest BCUT2D eigenvalue weighted by atomic mass is 10.1. The Kier molecular flexibility index (Phi) is 2.73. The molecule has 2 atom stereocenters. The SMILES string of the molecule is Cc1cn[nH]c1NC(=O)C1COC(C)C1. The Morgan fingerprint density at radius 3 is 3.07 bits per heavy atom. The summed E-state index contributed by atoms with van der Waals surface area (Å²) in [6, 6.07) is 0. The van der Waals surface area contributed by atoms with E-state index in [1.807, 2.05) is 13.8 Å². The van der Waals surface area contributed by atoms with Crippen LogP contribution in [0.15, 0.2) is 6.20 Å². The van der Waals surface area contributed by atoms with Gasteiger partial charge < -0.3 is 10.1 Å². The number of amides is 1. The van der Waals surface area contributed by atoms with Gasteiger partial charge in [-0.2, -0.15) is 5.10 Å². The molecule has 2 rings (SSSR count). The highest BCUT2D eigenvalue weighted by Crippen LogP contribution is 2.21. The second kappa shape index (κ2) is 4.02. The van der Waals surface area contributed by atoms with Crippen LogP contribution >= 0.6 is 0 Å². The molecule has 1 aromatic rings. The normalized spacial score (nSPS) is 25.5. The zero-order valence-electron chi connectivity index (χ0n) is 8.91. The van der Waals surface area contributed by atoms with Crippen LogP contribution in [-0.4, -0.2) is 28.8 Å². The van der Waals surface area contributed by atoms with Crippen LogP contribution in [0, 0.1) is 12.8 Å². The molecule has 2 heterocycles. The molecule has 0 saturated carbocycles. The van der Waals surface area contributed by atoms with Crippen LogP contribution in [0.3, 0.4) is 0 Å². The number of carbonyl (C=O) groups excluding carboxylic acids is 1. The van der Waals surface area contributed by atoms with E-state index in [9.17, 15) is 4.79 Å². The number of H-pyrrole nitrogens is 1. The van der Waals surface area contributed by atoms with Gasteiger partial charge in [0.1, 0.15) is 5.82 Å². The van der Waals surface area contributed by atoms with Crippen molar-refractivity contribution in [3.63, 3.8) is 0 Å². The Morgan fingerprint density at radius 1 is 1.73 bits per heavy atom. The van der Waals surface area contributed by atoms with E-state index in [2.05, 4.69) is 15.5 Å². The molecular weight excluding hydrogens is 194 g/mol. The van der Waals surface area contributed by atoms with Gasteiger partial charge in [0, 0.05) is 5.56 Å².